The molecule has 4 heteroatoms. The van der Waals surface area contributed by atoms with Gasteiger partial charge in [0.1, 0.15) is 11.6 Å². The summed E-state index contributed by atoms with van der Waals surface area (Å²) in [5.74, 6) is -0.636. The molecular formula is C13H16FNO2. The van der Waals surface area contributed by atoms with Gasteiger partial charge in [0.15, 0.2) is 0 Å². The van der Waals surface area contributed by atoms with E-state index in [0.717, 1.165) is 5.56 Å². The Morgan fingerprint density at radius 1 is 1.35 bits per heavy atom. The van der Waals surface area contributed by atoms with Crippen LogP contribution >= 0.6 is 0 Å². The van der Waals surface area contributed by atoms with Gasteiger partial charge in [0.25, 0.3) is 0 Å². The molecule has 0 spiro atoms. The normalized spacial score (nSPS) is 10.1. The summed E-state index contributed by atoms with van der Waals surface area (Å²) < 4.78 is 13.0. The van der Waals surface area contributed by atoms with Gasteiger partial charge in [-0.25, -0.2) is 4.39 Å². The zero-order valence-electron chi connectivity index (χ0n) is 10.3. The number of aryl methyl sites for hydroxylation is 1. The van der Waals surface area contributed by atoms with E-state index in [2.05, 4.69) is 0 Å². The summed E-state index contributed by atoms with van der Waals surface area (Å²) in [7, 11) is 1.63. The Morgan fingerprint density at radius 3 is 2.53 bits per heavy atom. The number of rotatable bonds is 4. The SMILES string of the molecule is CC(=O)CC(=O)N(C)Cc1ccc(F)c(C)c1. The first-order valence-electron chi connectivity index (χ1n) is 5.38. The van der Waals surface area contributed by atoms with Gasteiger partial charge in [-0.15, -0.1) is 0 Å². The summed E-state index contributed by atoms with van der Waals surface area (Å²) in [5.41, 5.74) is 1.40. The van der Waals surface area contributed by atoms with Gasteiger partial charge < -0.3 is 4.90 Å². The number of carbonyl (C=O) groups is 2. The molecule has 1 aromatic carbocycles. The molecule has 0 atom stereocenters. The third-order valence-corrected chi connectivity index (χ3v) is 2.47. The molecule has 1 aromatic rings. The standard InChI is InChI=1S/C13H16FNO2/c1-9-6-11(4-5-12(9)14)8-15(3)13(17)7-10(2)16/h4-6H,7-8H2,1-3H3. The first-order chi connectivity index (χ1) is 7.90. The zero-order chi connectivity index (χ0) is 13.0. The van der Waals surface area contributed by atoms with Crippen molar-refractivity contribution < 1.29 is 14.0 Å². The van der Waals surface area contributed by atoms with E-state index in [9.17, 15) is 14.0 Å². The van der Waals surface area contributed by atoms with E-state index in [1.807, 2.05) is 0 Å². The van der Waals surface area contributed by atoms with Gasteiger partial charge in [0, 0.05) is 13.6 Å². The molecule has 0 saturated heterocycles. The van der Waals surface area contributed by atoms with Crippen LogP contribution < -0.4 is 0 Å². The molecule has 0 fully saturated rings. The number of benzene rings is 1. The lowest BCUT2D eigenvalue weighted by molar-refractivity contribution is -0.134. The van der Waals surface area contributed by atoms with Crippen molar-refractivity contribution in [2.75, 3.05) is 7.05 Å². The molecule has 0 aliphatic heterocycles. The number of Topliss-reactive ketones (excluding diaryl/α,β-unsaturated/α-hetero) is 1. The van der Waals surface area contributed by atoms with E-state index >= 15 is 0 Å². The first-order valence-corrected chi connectivity index (χ1v) is 5.38. The Morgan fingerprint density at radius 2 is 2.00 bits per heavy atom. The van der Waals surface area contributed by atoms with E-state index in [-0.39, 0.29) is 23.9 Å². The molecule has 92 valence electrons. The van der Waals surface area contributed by atoms with E-state index in [4.69, 9.17) is 0 Å². The third kappa shape index (κ3) is 3.98. The molecule has 0 bridgehead atoms. The van der Waals surface area contributed by atoms with Crippen LogP contribution in [0, 0.1) is 12.7 Å². The summed E-state index contributed by atoms with van der Waals surface area (Å²) in [6.07, 6.45) is -0.0866. The van der Waals surface area contributed by atoms with Crippen molar-refractivity contribution in [1.82, 2.24) is 4.90 Å². The number of halogens is 1. The van der Waals surface area contributed by atoms with Gasteiger partial charge in [-0.1, -0.05) is 12.1 Å². The number of carbonyl (C=O) groups excluding carboxylic acids is 2. The Balaban J connectivity index is 2.67. The number of nitrogens with zero attached hydrogens (tertiary/aromatic N) is 1. The Labute approximate surface area is 100 Å². The number of hydrogen-bond donors (Lipinski definition) is 0. The van der Waals surface area contributed by atoms with Crippen LogP contribution in [0.1, 0.15) is 24.5 Å². The molecule has 0 unspecified atom stereocenters. The van der Waals surface area contributed by atoms with Gasteiger partial charge in [0.05, 0.1) is 6.42 Å². The minimum Gasteiger partial charge on any atom is -0.341 e. The summed E-state index contributed by atoms with van der Waals surface area (Å²) in [6.45, 7) is 3.44. The molecular weight excluding hydrogens is 221 g/mol. The minimum atomic E-state index is -0.258. The maximum Gasteiger partial charge on any atom is 0.230 e. The zero-order valence-corrected chi connectivity index (χ0v) is 10.3. The fraction of sp³-hybridized carbons (Fsp3) is 0.385. The van der Waals surface area contributed by atoms with Crippen LogP contribution in [0.4, 0.5) is 4.39 Å². The van der Waals surface area contributed by atoms with Gasteiger partial charge in [-0.2, -0.15) is 0 Å². The summed E-state index contributed by atoms with van der Waals surface area (Å²) >= 11 is 0. The highest BCUT2D eigenvalue weighted by molar-refractivity contribution is 5.96. The molecule has 0 heterocycles. The molecule has 0 radical (unpaired) electrons. The predicted molar refractivity (Wildman–Crippen MR) is 62.9 cm³/mol. The van der Waals surface area contributed by atoms with Crippen LogP contribution in [-0.4, -0.2) is 23.6 Å². The molecule has 0 aromatic heterocycles. The van der Waals surface area contributed by atoms with Crippen LogP contribution in [0.5, 0.6) is 0 Å². The summed E-state index contributed by atoms with van der Waals surface area (Å²) in [6, 6.07) is 4.72. The predicted octanol–water partition coefficient (Wildman–Crippen LogP) is 2.07. The highest BCUT2D eigenvalue weighted by Crippen LogP contribution is 2.11. The molecule has 17 heavy (non-hydrogen) atoms. The maximum atomic E-state index is 13.0. The highest BCUT2D eigenvalue weighted by atomic mass is 19.1. The van der Waals surface area contributed by atoms with Crippen LogP contribution in [0.15, 0.2) is 18.2 Å². The van der Waals surface area contributed by atoms with Crippen molar-refractivity contribution in [3.05, 3.63) is 35.1 Å². The van der Waals surface area contributed by atoms with Gasteiger partial charge in [0.2, 0.25) is 5.91 Å². The lowest BCUT2D eigenvalue weighted by atomic mass is 10.1. The number of hydrogen-bond acceptors (Lipinski definition) is 2. The average Bonchev–Trinajstić information content (AvgIpc) is 2.22. The lowest BCUT2D eigenvalue weighted by Gasteiger charge is -2.16. The fourth-order valence-electron chi connectivity index (χ4n) is 1.52. The quantitative estimate of drug-likeness (QED) is 0.752. The van der Waals surface area contributed by atoms with E-state index in [0.29, 0.717) is 12.1 Å². The fourth-order valence-corrected chi connectivity index (χ4v) is 1.52. The Kier molecular flexibility index (Phi) is 4.37. The van der Waals surface area contributed by atoms with Crippen LogP contribution in [0.3, 0.4) is 0 Å². The number of ketones is 1. The van der Waals surface area contributed by atoms with Crippen LogP contribution in [0.2, 0.25) is 0 Å². The molecule has 0 N–H and O–H groups in total. The summed E-state index contributed by atoms with van der Waals surface area (Å²) in [4.78, 5) is 23.8. The monoisotopic (exact) mass is 237 g/mol. The van der Waals surface area contributed by atoms with E-state index in [1.165, 1.54) is 17.9 Å². The second-order valence-electron chi connectivity index (χ2n) is 4.21. The lowest BCUT2D eigenvalue weighted by Crippen LogP contribution is -2.27. The van der Waals surface area contributed by atoms with Crippen LogP contribution in [0.25, 0.3) is 0 Å². The molecule has 0 aliphatic rings. The van der Waals surface area contributed by atoms with Gasteiger partial charge >= 0.3 is 0 Å². The Hall–Kier alpha value is -1.71. The maximum absolute atomic E-state index is 13.0. The van der Waals surface area contributed by atoms with Crippen LogP contribution in [-0.2, 0) is 16.1 Å². The number of amides is 1. The topological polar surface area (TPSA) is 37.4 Å². The largest absolute Gasteiger partial charge is 0.341 e. The molecule has 1 rings (SSSR count). The van der Waals surface area contributed by atoms with E-state index < -0.39 is 0 Å². The van der Waals surface area contributed by atoms with Crippen molar-refractivity contribution in [2.24, 2.45) is 0 Å². The van der Waals surface area contributed by atoms with Crippen molar-refractivity contribution in [3.8, 4) is 0 Å². The van der Waals surface area contributed by atoms with Gasteiger partial charge in [-0.3, -0.25) is 9.59 Å². The van der Waals surface area contributed by atoms with Crippen molar-refractivity contribution >= 4 is 11.7 Å². The smallest absolute Gasteiger partial charge is 0.230 e. The third-order valence-electron chi connectivity index (χ3n) is 2.47. The Bertz CT molecular complexity index is 443. The molecule has 1 amide bonds. The van der Waals surface area contributed by atoms with Crippen molar-refractivity contribution in [3.63, 3.8) is 0 Å². The van der Waals surface area contributed by atoms with Crippen molar-refractivity contribution in [2.45, 2.75) is 26.8 Å². The van der Waals surface area contributed by atoms with Gasteiger partial charge in [-0.05, 0) is 31.0 Å². The average molecular weight is 237 g/mol. The highest BCUT2D eigenvalue weighted by Gasteiger charge is 2.11. The second kappa shape index (κ2) is 5.57. The minimum absolute atomic E-state index is 0.0866. The molecule has 0 aliphatic carbocycles. The second-order valence-corrected chi connectivity index (χ2v) is 4.21. The molecule has 0 saturated carbocycles. The molecule has 3 nitrogen and oxygen atoms in total. The first kappa shape index (κ1) is 13.4. The van der Waals surface area contributed by atoms with E-state index in [1.54, 1.807) is 26.1 Å². The summed E-state index contributed by atoms with van der Waals surface area (Å²) in [5, 5.41) is 0. The van der Waals surface area contributed by atoms with Crippen molar-refractivity contribution in [1.29, 1.82) is 0 Å².